The van der Waals surface area contributed by atoms with Crippen LogP contribution in [0, 0.1) is 6.42 Å². The molecule has 2 heteroatoms. The molecule has 0 spiro atoms. The second-order valence-electron chi connectivity index (χ2n) is 1.11. The molecule has 0 N–H and O–H groups in total. The van der Waals surface area contributed by atoms with Gasteiger partial charge in [0.1, 0.15) is 0 Å². The van der Waals surface area contributed by atoms with Crippen LogP contribution < -0.4 is 5.11 Å². The van der Waals surface area contributed by atoms with Gasteiger partial charge in [0.25, 0.3) is 0 Å². The van der Waals surface area contributed by atoms with Gasteiger partial charge < -0.3 is 11.5 Å². The molecule has 0 saturated heterocycles. The van der Waals surface area contributed by atoms with Gasteiger partial charge in [-0.25, -0.2) is 0 Å². The van der Waals surface area contributed by atoms with E-state index in [1.54, 1.807) is 6.92 Å². The molecule has 0 aliphatic rings. The standard InChI is InChI=1S/C4H9.C2H5O.Mg/c1-3-4-2;1-2-3;/h3H,4H2,1-2H3;2H2,1H3;/q2*-1;+2. The minimum Gasteiger partial charge on any atom is -0.855 e. The number of unbranched alkanes of at least 4 members (excludes halogenated alkanes) is 1. The first kappa shape index (κ1) is 15.9. The van der Waals surface area contributed by atoms with Crippen LogP contribution in [0.15, 0.2) is 0 Å². The molecule has 46 valence electrons. The molecule has 0 unspecified atom stereocenters. The predicted octanol–water partition coefficient (Wildman–Crippen LogP) is 0.606. The first-order valence-electron chi connectivity index (χ1n) is 2.69. The minimum atomic E-state index is 0. The second-order valence-corrected chi connectivity index (χ2v) is 1.11. The van der Waals surface area contributed by atoms with Gasteiger partial charge in [0, 0.05) is 0 Å². The van der Waals surface area contributed by atoms with Gasteiger partial charge in [-0.05, 0) is 0 Å². The Bertz CT molecular complexity index is 16.0. The molecule has 0 aliphatic carbocycles. The van der Waals surface area contributed by atoms with Crippen LogP contribution in [0.3, 0.4) is 0 Å². The van der Waals surface area contributed by atoms with Gasteiger partial charge in [-0.1, -0.05) is 13.8 Å². The molecule has 0 rings (SSSR count). The van der Waals surface area contributed by atoms with Gasteiger partial charge >= 0.3 is 23.1 Å². The summed E-state index contributed by atoms with van der Waals surface area (Å²) >= 11 is 0. The van der Waals surface area contributed by atoms with Gasteiger partial charge in [-0.3, -0.25) is 0 Å². The zero-order chi connectivity index (χ0) is 6.12. The van der Waals surface area contributed by atoms with Crippen LogP contribution in [0.5, 0.6) is 0 Å². The number of hydrogen-bond acceptors (Lipinski definition) is 1. The van der Waals surface area contributed by atoms with E-state index in [2.05, 4.69) is 20.3 Å². The van der Waals surface area contributed by atoms with Crippen molar-refractivity contribution < 1.29 is 5.11 Å². The van der Waals surface area contributed by atoms with E-state index in [9.17, 15) is 0 Å². The molecule has 8 heavy (non-hydrogen) atoms. The van der Waals surface area contributed by atoms with Crippen molar-refractivity contribution in [2.24, 2.45) is 0 Å². The number of hydrogen-bond donors (Lipinski definition) is 0. The molecule has 0 aromatic heterocycles. The Morgan fingerprint density at radius 3 is 1.50 bits per heavy atom. The topological polar surface area (TPSA) is 23.1 Å². The second kappa shape index (κ2) is 25.2. The summed E-state index contributed by atoms with van der Waals surface area (Å²) < 4.78 is 0. The Balaban J connectivity index is -0.0000000575. The Kier molecular flexibility index (Phi) is 50.0. The molecule has 0 aromatic rings. The van der Waals surface area contributed by atoms with Crippen molar-refractivity contribution >= 4 is 23.1 Å². The van der Waals surface area contributed by atoms with E-state index < -0.39 is 0 Å². The molecule has 0 atom stereocenters. The summed E-state index contributed by atoms with van der Waals surface area (Å²) in [5.41, 5.74) is 0. The van der Waals surface area contributed by atoms with Crippen molar-refractivity contribution in [2.45, 2.75) is 27.2 Å². The summed E-state index contributed by atoms with van der Waals surface area (Å²) in [7, 11) is 0. The van der Waals surface area contributed by atoms with E-state index in [1.807, 2.05) is 0 Å². The largest absolute Gasteiger partial charge is 2.00 e. The Morgan fingerprint density at radius 1 is 1.38 bits per heavy atom. The average Bonchev–Trinajstić information content (AvgIpc) is 1.69. The smallest absolute Gasteiger partial charge is 0.855 e. The molecular weight excluding hydrogens is 112 g/mol. The van der Waals surface area contributed by atoms with Gasteiger partial charge in [0.15, 0.2) is 0 Å². The predicted molar refractivity (Wildman–Crippen MR) is 36.6 cm³/mol. The van der Waals surface area contributed by atoms with Crippen LogP contribution in [0.25, 0.3) is 0 Å². The van der Waals surface area contributed by atoms with E-state index in [0.717, 1.165) is 0 Å². The fraction of sp³-hybridized carbons (Fsp3) is 0.833. The maximum atomic E-state index is 8.93. The van der Waals surface area contributed by atoms with E-state index in [4.69, 9.17) is 5.11 Å². The van der Waals surface area contributed by atoms with Crippen molar-refractivity contribution in [3.63, 3.8) is 0 Å². The quantitative estimate of drug-likeness (QED) is 0.373. The van der Waals surface area contributed by atoms with Crippen LogP contribution in [0.4, 0.5) is 0 Å². The zero-order valence-corrected chi connectivity index (χ0v) is 7.52. The maximum Gasteiger partial charge on any atom is 2.00 e. The third-order valence-corrected chi connectivity index (χ3v) is 0.408. The van der Waals surface area contributed by atoms with Crippen molar-refractivity contribution in [3.05, 3.63) is 6.42 Å². The van der Waals surface area contributed by atoms with Gasteiger partial charge in [-0.2, -0.15) is 13.3 Å². The molecule has 0 aliphatic heterocycles. The van der Waals surface area contributed by atoms with Crippen molar-refractivity contribution in [3.8, 4) is 0 Å². The molecule has 0 bridgehead atoms. The first-order chi connectivity index (χ1) is 3.33. The van der Waals surface area contributed by atoms with Crippen LogP contribution in [-0.2, 0) is 0 Å². The Morgan fingerprint density at radius 2 is 1.50 bits per heavy atom. The van der Waals surface area contributed by atoms with E-state index in [-0.39, 0.29) is 29.7 Å². The Labute approximate surface area is 68.6 Å². The van der Waals surface area contributed by atoms with E-state index >= 15 is 0 Å². The molecule has 0 radical (unpaired) electrons. The zero-order valence-electron chi connectivity index (χ0n) is 6.11. The molecular formula is C6H14MgO. The molecule has 0 aromatic carbocycles. The third kappa shape index (κ3) is 74.0. The van der Waals surface area contributed by atoms with Crippen molar-refractivity contribution in [2.75, 3.05) is 6.61 Å². The van der Waals surface area contributed by atoms with Crippen molar-refractivity contribution in [1.29, 1.82) is 0 Å². The first-order valence-corrected chi connectivity index (χ1v) is 2.69. The van der Waals surface area contributed by atoms with E-state index in [1.165, 1.54) is 6.42 Å². The summed E-state index contributed by atoms with van der Waals surface area (Å²) in [5, 5.41) is 8.93. The maximum absolute atomic E-state index is 8.93. The van der Waals surface area contributed by atoms with Crippen LogP contribution >= 0.6 is 0 Å². The summed E-state index contributed by atoms with van der Waals surface area (Å²) in [6.07, 6.45) is 3.32. The fourth-order valence-corrected chi connectivity index (χ4v) is 0. The SMILES string of the molecule is CC[O-].C[CH-]CC.[Mg+2]. The Hall–Kier alpha value is 0.726. The average molecular weight is 126 g/mol. The monoisotopic (exact) mass is 126 g/mol. The molecule has 0 heterocycles. The number of rotatable bonds is 1. The molecule has 0 fully saturated rings. The minimum absolute atomic E-state index is 0. The van der Waals surface area contributed by atoms with Crippen LogP contribution in [0.1, 0.15) is 27.2 Å². The van der Waals surface area contributed by atoms with Gasteiger partial charge in [-0.15, -0.1) is 6.61 Å². The van der Waals surface area contributed by atoms with Crippen molar-refractivity contribution in [1.82, 2.24) is 0 Å². The van der Waals surface area contributed by atoms with E-state index in [0.29, 0.717) is 0 Å². The summed E-state index contributed by atoms with van der Waals surface area (Å²) in [4.78, 5) is 0. The summed E-state index contributed by atoms with van der Waals surface area (Å²) in [6, 6.07) is 0. The summed E-state index contributed by atoms with van der Waals surface area (Å²) in [6.45, 7) is 5.75. The van der Waals surface area contributed by atoms with Gasteiger partial charge in [0.05, 0.1) is 0 Å². The molecule has 0 amide bonds. The van der Waals surface area contributed by atoms with Crippen LogP contribution in [-0.4, -0.2) is 29.7 Å². The van der Waals surface area contributed by atoms with Gasteiger partial charge in [0.2, 0.25) is 0 Å². The fourth-order valence-electron chi connectivity index (χ4n) is 0. The third-order valence-electron chi connectivity index (χ3n) is 0.408. The molecule has 1 nitrogen and oxygen atoms in total. The summed E-state index contributed by atoms with van der Waals surface area (Å²) in [5.74, 6) is 0. The van der Waals surface area contributed by atoms with Crippen LogP contribution in [0.2, 0.25) is 0 Å². The molecule has 0 saturated carbocycles. The normalized spacial score (nSPS) is 6.00.